The average Bonchev–Trinajstić information content (AvgIpc) is 3.11. The van der Waals surface area contributed by atoms with Gasteiger partial charge >= 0.3 is 5.97 Å². The Morgan fingerprint density at radius 3 is 2.36 bits per heavy atom. The van der Waals surface area contributed by atoms with Gasteiger partial charge in [-0.25, -0.2) is 0 Å². The van der Waals surface area contributed by atoms with Gasteiger partial charge in [-0.05, 0) is 64.9 Å². The van der Waals surface area contributed by atoms with Gasteiger partial charge in [0.15, 0.2) is 6.29 Å². The van der Waals surface area contributed by atoms with Crippen LogP contribution in [0.3, 0.4) is 0 Å². The molecule has 5 rings (SSSR count). The molecule has 1 aliphatic rings. The van der Waals surface area contributed by atoms with E-state index in [1.165, 1.54) is 0 Å². The van der Waals surface area contributed by atoms with Crippen LogP contribution in [0.1, 0.15) is 66.8 Å². The van der Waals surface area contributed by atoms with Crippen LogP contribution in [0.4, 0.5) is 0 Å². The first-order valence-corrected chi connectivity index (χ1v) is 16.8. The van der Waals surface area contributed by atoms with E-state index in [1.54, 1.807) is 18.9 Å². The highest BCUT2D eigenvalue weighted by atomic mass is 32.2. The normalized spacial score (nSPS) is 17.6. The summed E-state index contributed by atoms with van der Waals surface area (Å²) < 4.78 is 18.7. The lowest BCUT2D eigenvalue weighted by Crippen LogP contribution is -2.31. The molecule has 4 aromatic carbocycles. The van der Waals surface area contributed by atoms with Gasteiger partial charge in [0.25, 0.3) is 0 Å². The molecule has 47 heavy (non-hydrogen) atoms. The van der Waals surface area contributed by atoms with Gasteiger partial charge in [0.2, 0.25) is 5.91 Å². The van der Waals surface area contributed by atoms with E-state index in [9.17, 15) is 14.7 Å². The predicted octanol–water partition coefficient (Wildman–Crippen LogP) is 7.45. The molecule has 0 aromatic heterocycles. The van der Waals surface area contributed by atoms with Gasteiger partial charge in [-0.3, -0.25) is 9.59 Å². The summed E-state index contributed by atoms with van der Waals surface area (Å²) >= 11 is 1.70. The molecular formula is C38H41NO7S. The van der Waals surface area contributed by atoms with Crippen LogP contribution in [0.15, 0.2) is 102 Å². The zero-order valence-corrected chi connectivity index (χ0v) is 27.3. The van der Waals surface area contributed by atoms with Gasteiger partial charge in [-0.15, -0.1) is 11.8 Å². The first-order valence-electron chi connectivity index (χ1n) is 15.9. The molecule has 9 heteroatoms. The van der Waals surface area contributed by atoms with E-state index in [0.29, 0.717) is 32.2 Å². The summed E-state index contributed by atoms with van der Waals surface area (Å²) in [6.07, 6.45) is 1.23. The molecule has 0 bridgehead atoms. The molecule has 3 unspecified atom stereocenters. The summed E-state index contributed by atoms with van der Waals surface area (Å²) in [6, 6.07) is 32.1. The van der Waals surface area contributed by atoms with Crippen LogP contribution in [-0.4, -0.2) is 41.1 Å². The molecule has 1 heterocycles. The fourth-order valence-corrected chi connectivity index (χ4v) is 6.57. The van der Waals surface area contributed by atoms with Gasteiger partial charge in [0.1, 0.15) is 5.75 Å². The SMILES string of the molecule is COc1ccccc1SCC1CC(c2ccc(CO)cc2)OC(c2cccc(-c3cccc(CNC(=O)CCCCC(=O)O)c3)c2)O1. The Morgan fingerprint density at radius 2 is 1.60 bits per heavy atom. The number of carbonyl (C=O) groups excluding carboxylic acids is 1. The number of methoxy groups -OCH3 is 1. The Morgan fingerprint density at radius 1 is 0.851 bits per heavy atom. The van der Waals surface area contributed by atoms with Crippen molar-refractivity contribution in [3.63, 3.8) is 0 Å². The Labute approximate surface area is 280 Å². The van der Waals surface area contributed by atoms with Crippen molar-refractivity contribution < 1.29 is 34.0 Å². The van der Waals surface area contributed by atoms with Gasteiger partial charge in [0.05, 0.1) is 25.9 Å². The molecule has 0 spiro atoms. The van der Waals surface area contributed by atoms with Crippen molar-refractivity contribution in [1.29, 1.82) is 0 Å². The first-order chi connectivity index (χ1) is 22.9. The van der Waals surface area contributed by atoms with Crippen LogP contribution < -0.4 is 10.1 Å². The Bertz CT molecular complexity index is 1630. The fraction of sp³-hybridized carbons (Fsp3) is 0.316. The molecule has 3 atom stereocenters. The van der Waals surface area contributed by atoms with Gasteiger partial charge < -0.3 is 29.7 Å². The molecular weight excluding hydrogens is 614 g/mol. The van der Waals surface area contributed by atoms with Crippen LogP contribution in [-0.2, 0) is 32.2 Å². The second-order valence-electron chi connectivity index (χ2n) is 11.5. The quantitative estimate of drug-likeness (QED) is 0.0894. The van der Waals surface area contributed by atoms with Gasteiger partial charge in [-0.2, -0.15) is 0 Å². The number of aliphatic hydroxyl groups is 1. The molecule has 1 aliphatic heterocycles. The second kappa shape index (κ2) is 17.1. The number of para-hydroxylation sites is 1. The number of hydrogen-bond donors (Lipinski definition) is 3. The van der Waals surface area contributed by atoms with Crippen LogP contribution >= 0.6 is 11.8 Å². The number of amides is 1. The molecule has 246 valence electrons. The number of rotatable bonds is 15. The number of unbranched alkanes of at least 4 members (excludes halogenated alkanes) is 1. The van der Waals surface area contributed by atoms with E-state index >= 15 is 0 Å². The zero-order chi connectivity index (χ0) is 33.0. The maximum atomic E-state index is 12.3. The topological polar surface area (TPSA) is 114 Å². The highest BCUT2D eigenvalue weighted by molar-refractivity contribution is 7.99. The third-order valence-electron chi connectivity index (χ3n) is 8.06. The second-order valence-corrected chi connectivity index (χ2v) is 12.6. The van der Waals surface area contributed by atoms with E-state index in [0.717, 1.165) is 49.8 Å². The number of carboxylic acids is 1. The fourth-order valence-electron chi connectivity index (χ4n) is 5.52. The Balaban J connectivity index is 1.30. The van der Waals surface area contributed by atoms with Crippen molar-refractivity contribution in [2.24, 2.45) is 0 Å². The summed E-state index contributed by atoms with van der Waals surface area (Å²) in [5, 5.41) is 21.3. The summed E-state index contributed by atoms with van der Waals surface area (Å²) in [5.74, 6) is 0.624. The number of aliphatic hydroxyl groups excluding tert-OH is 1. The van der Waals surface area contributed by atoms with E-state index in [4.69, 9.17) is 19.3 Å². The lowest BCUT2D eigenvalue weighted by Gasteiger charge is -2.36. The molecule has 1 fully saturated rings. The van der Waals surface area contributed by atoms with Crippen LogP contribution in [0.25, 0.3) is 11.1 Å². The van der Waals surface area contributed by atoms with Crippen LogP contribution in [0, 0.1) is 0 Å². The van der Waals surface area contributed by atoms with Crippen molar-refractivity contribution in [3.05, 3.63) is 119 Å². The van der Waals surface area contributed by atoms with Crippen molar-refractivity contribution in [3.8, 4) is 16.9 Å². The van der Waals surface area contributed by atoms with Crippen molar-refractivity contribution >= 4 is 23.6 Å². The van der Waals surface area contributed by atoms with Gasteiger partial charge in [-0.1, -0.05) is 72.8 Å². The molecule has 0 radical (unpaired) electrons. The minimum Gasteiger partial charge on any atom is -0.496 e. The summed E-state index contributed by atoms with van der Waals surface area (Å²) in [6.45, 7) is 0.382. The number of thioether (sulfide) groups is 1. The number of carbonyl (C=O) groups is 2. The lowest BCUT2D eigenvalue weighted by molar-refractivity contribution is -0.245. The third-order valence-corrected chi connectivity index (χ3v) is 9.25. The number of benzene rings is 4. The van der Waals surface area contributed by atoms with Gasteiger partial charge in [0, 0.05) is 42.0 Å². The molecule has 8 nitrogen and oxygen atoms in total. The number of hydrogen-bond acceptors (Lipinski definition) is 7. The Hall–Kier alpha value is -4.15. The Kier molecular flexibility index (Phi) is 12.5. The van der Waals surface area contributed by atoms with E-state index in [1.807, 2.05) is 78.9 Å². The molecule has 1 amide bonds. The zero-order valence-electron chi connectivity index (χ0n) is 26.5. The highest BCUT2D eigenvalue weighted by Crippen LogP contribution is 2.41. The lowest BCUT2D eigenvalue weighted by atomic mass is 9.99. The van der Waals surface area contributed by atoms with Crippen molar-refractivity contribution in [2.45, 2.75) is 68.6 Å². The smallest absolute Gasteiger partial charge is 0.303 e. The highest BCUT2D eigenvalue weighted by Gasteiger charge is 2.32. The first kappa shape index (κ1) is 34.2. The monoisotopic (exact) mass is 655 g/mol. The number of carboxylic acid groups (broad SMARTS) is 1. The van der Waals surface area contributed by atoms with E-state index < -0.39 is 12.3 Å². The molecule has 0 aliphatic carbocycles. The molecule has 0 saturated carbocycles. The minimum atomic E-state index is -0.843. The summed E-state index contributed by atoms with van der Waals surface area (Å²) in [5.41, 5.74) is 5.78. The van der Waals surface area contributed by atoms with Crippen molar-refractivity contribution in [2.75, 3.05) is 12.9 Å². The number of ether oxygens (including phenoxy) is 3. The summed E-state index contributed by atoms with van der Waals surface area (Å²) in [7, 11) is 1.68. The van der Waals surface area contributed by atoms with Crippen LogP contribution in [0.5, 0.6) is 5.75 Å². The van der Waals surface area contributed by atoms with E-state index in [-0.39, 0.29) is 31.1 Å². The van der Waals surface area contributed by atoms with Crippen molar-refractivity contribution in [1.82, 2.24) is 5.32 Å². The minimum absolute atomic E-state index is 0.00925. The molecule has 3 N–H and O–H groups in total. The molecule has 1 saturated heterocycles. The largest absolute Gasteiger partial charge is 0.496 e. The number of aliphatic carboxylic acids is 1. The molecule has 4 aromatic rings. The average molecular weight is 656 g/mol. The third kappa shape index (κ3) is 9.92. The number of nitrogens with one attached hydrogen (secondary N) is 1. The maximum Gasteiger partial charge on any atom is 0.303 e. The van der Waals surface area contributed by atoms with E-state index in [2.05, 4.69) is 23.5 Å². The van der Waals surface area contributed by atoms with Crippen LogP contribution in [0.2, 0.25) is 0 Å². The standard InChI is InChI=1S/C38H41NO7S/c1-44-33-12-2-3-13-35(33)47-25-32-22-34(28-18-16-26(24-40)17-19-28)46-38(45-32)31-11-7-10-30(21-31)29-9-6-8-27(20-29)23-39-36(41)14-4-5-15-37(42)43/h2-3,6-13,16-21,32,34,38,40H,4-5,14-15,22-25H2,1H3,(H,39,41)(H,42,43). The summed E-state index contributed by atoms with van der Waals surface area (Å²) in [4.78, 5) is 24.0. The predicted molar refractivity (Wildman–Crippen MR) is 182 cm³/mol. The maximum absolute atomic E-state index is 12.3.